The van der Waals surface area contributed by atoms with Crippen LogP contribution in [0.3, 0.4) is 0 Å². The van der Waals surface area contributed by atoms with E-state index < -0.39 is 5.41 Å². The zero-order valence-corrected chi connectivity index (χ0v) is 11.6. The Kier molecular flexibility index (Phi) is 4.13. The molecule has 1 rings (SSSR count). The summed E-state index contributed by atoms with van der Waals surface area (Å²) in [5, 5.41) is 8.86. The summed E-state index contributed by atoms with van der Waals surface area (Å²) in [6, 6.07) is 5.64. The summed E-state index contributed by atoms with van der Waals surface area (Å²) < 4.78 is 5.60. The lowest BCUT2D eigenvalue weighted by Gasteiger charge is -2.18. The maximum Gasteiger partial charge on any atom is 0.175 e. The van der Waals surface area contributed by atoms with Crippen molar-refractivity contribution < 1.29 is 9.53 Å². The van der Waals surface area contributed by atoms with Crippen molar-refractivity contribution in [1.82, 2.24) is 0 Å². The molecule has 0 fully saturated rings. The second-order valence-electron chi connectivity index (χ2n) is 5.51. The molecule has 0 aromatic heterocycles. The number of ketones is 1. The fourth-order valence-corrected chi connectivity index (χ4v) is 1.60. The number of nitriles is 1. The summed E-state index contributed by atoms with van der Waals surface area (Å²) in [6.07, 6.45) is 0. The predicted molar refractivity (Wildman–Crippen MR) is 70.6 cm³/mol. The molecule has 0 bridgehead atoms. The van der Waals surface area contributed by atoms with E-state index in [2.05, 4.69) is 6.07 Å². The van der Waals surface area contributed by atoms with Gasteiger partial charge in [-0.05, 0) is 37.1 Å². The maximum absolute atomic E-state index is 11.8. The molecular weight excluding hydrogens is 226 g/mol. The number of aryl methyl sites for hydroxylation is 2. The van der Waals surface area contributed by atoms with E-state index in [1.165, 1.54) is 0 Å². The molecule has 96 valence electrons. The van der Waals surface area contributed by atoms with Crippen molar-refractivity contribution in [2.45, 2.75) is 34.6 Å². The molecule has 0 aliphatic carbocycles. The summed E-state index contributed by atoms with van der Waals surface area (Å²) in [5.74, 6) is 0.761. The average molecular weight is 245 g/mol. The fourth-order valence-electron chi connectivity index (χ4n) is 1.60. The van der Waals surface area contributed by atoms with Gasteiger partial charge in [-0.3, -0.25) is 4.79 Å². The molecular formula is C15H19NO2. The lowest BCUT2D eigenvalue weighted by atomic mass is 9.91. The summed E-state index contributed by atoms with van der Waals surface area (Å²) in [4.78, 5) is 11.8. The van der Waals surface area contributed by atoms with Crippen LogP contribution in [0, 0.1) is 30.6 Å². The fraction of sp³-hybridized carbons (Fsp3) is 0.467. The number of rotatable bonds is 3. The summed E-state index contributed by atoms with van der Waals surface area (Å²) in [7, 11) is 0. The van der Waals surface area contributed by atoms with Crippen molar-refractivity contribution in [1.29, 1.82) is 5.26 Å². The first-order valence-corrected chi connectivity index (χ1v) is 5.93. The smallest absolute Gasteiger partial charge is 0.175 e. The number of hydrogen-bond acceptors (Lipinski definition) is 3. The quantitative estimate of drug-likeness (QED) is 0.821. The van der Waals surface area contributed by atoms with E-state index in [-0.39, 0.29) is 12.4 Å². The lowest BCUT2D eigenvalue weighted by Crippen LogP contribution is -2.26. The van der Waals surface area contributed by atoms with Gasteiger partial charge in [-0.2, -0.15) is 5.26 Å². The van der Waals surface area contributed by atoms with Crippen LogP contribution in [-0.4, -0.2) is 12.4 Å². The van der Waals surface area contributed by atoms with Gasteiger partial charge in [0, 0.05) is 5.41 Å². The lowest BCUT2D eigenvalue weighted by molar-refractivity contribution is -0.128. The third-order valence-corrected chi connectivity index (χ3v) is 2.77. The summed E-state index contributed by atoms with van der Waals surface area (Å²) in [5.41, 5.74) is 1.98. The Labute approximate surface area is 108 Å². The topological polar surface area (TPSA) is 50.1 Å². The van der Waals surface area contributed by atoms with Crippen LogP contribution in [0.4, 0.5) is 0 Å². The highest BCUT2D eigenvalue weighted by Gasteiger charge is 2.22. The first-order chi connectivity index (χ1) is 8.25. The van der Waals surface area contributed by atoms with Crippen molar-refractivity contribution >= 4 is 5.78 Å². The monoisotopic (exact) mass is 245 g/mol. The molecule has 0 heterocycles. The van der Waals surface area contributed by atoms with Gasteiger partial charge in [0.15, 0.2) is 5.78 Å². The van der Waals surface area contributed by atoms with Crippen LogP contribution in [-0.2, 0) is 4.79 Å². The molecule has 18 heavy (non-hydrogen) atoms. The number of ether oxygens (including phenoxy) is 1. The van der Waals surface area contributed by atoms with Gasteiger partial charge in [0.2, 0.25) is 0 Å². The molecule has 0 radical (unpaired) electrons. The molecule has 0 saturated carbocycles. The maximum atomic E-state index is 11.8. The normalized spacial score (nSPS) is 10.9. The Balaban J connectivity index is 2.87. The van der Waals surface area contributed by atoms with E-state index in [9.17, 15) is 4.79 Å². The van der Waals surface area contributed by atoms with E-state index in [0.29, 0.717) is 11.3 Å². The van der Waals surface area contributed by atoms with Gasteiger partial charge in [-0.1, -0.05) is 20.8 Å². The molecule has 0 aliphatic rings. The summed E-state index contributed by atoms with van der Waals surface area (Å²) >= 11 is 0. The number of nitrogens with zero attached hydrogens (tertiary/aromatic N) is 1. The second kappa shape index (κ2) is 5.22. The van der Waals surface area contributed by atoms with Crippen molar-refractivity contribution in [3.63, 3.8) is 0 Å². The van der Waals surface area contributed by atoms with Gasteiger partial charge in [0.25, 0.3) is 0 Å². The van der Waals surface area contributed by atoms with Gasteiger partial charge in [-0.15, -0.1) is 0 Å². The molecule has 0 saturated heterocycles. The zero-order chi connectivity index (χ0) is 13.9. The van der Waals surface area contributed by atoms with E-state index in [4.69, 9.17) is 10.00 Å². The second-order valence-corrected chi connectivity index (χ2v) is 5.51. The minimum atomic E-state index is -0.394. The Bertz CT molecular complexity index is 481. The predicted octanol–water partition coefficient (Wildman–Crippen LogP) is 3.17. The molecule has 1 aromatic rings. The van der Waals surface area contributed by atoms with Gasteiger partial charge < -0.3 is 4.74 Å². The van der Waals surface area contributed by atoms with Gasteiger partial charge in [-0.25, -0.2) is 0 Å². The molecule has 0 N–H and O–H groups in total. The average Bonchev–Trinajstić information content (AvgIpc) is 2.25. The van der Waals surface area contributed by atoms with Crippen LogP contribution in [0.2, 0.25) is 0 Å². The molecule has 0 amide bonds. The third kappa shape index (κ3) is 3.33. The third-order valence-electron chi connectivity index (χ3n) is 2.77. The SMILES string of the molecule is Cc1cc(C#N)cc(C)c1OCC(=O)C(C)(C)C. The standard InChI is InChI=1S/C15H19NO2/c1-10-6-12(8-16)7-11(2)14(10)18-9-13(17)15(3,4)5/h6-7H,9H2,1-5H3. The number of carbonyl (C=O) groups excluding carboxylic acids is 1. The molecule has 0 atom stereocenters. The van der Waals surface area contributed by atoms with Crippen molar-refractivity contribution in [2.75, 3.05) is 6.61 Å². The van der Waals surface area contributed by atoms with Gasteiger partial charge in [0.1, 0.15) is 12.4 Å². The van der Waals surface area contributed by atoms with E-state index in [1.807, 2.05) is 34.6 Å². The van der Waals surface area contributed by atoms with Crippen LogP contribution in [0.5, 0.6) is 5.75 Å². The van der Waals surface area contributed by atoms with Crippen LogP contribution in [0.15, 0.2) is 12.1 Å². The highest BCUT2D eigenvalue weighted by Crippen LogP contribution is 2.25. The largest absolute Gasteiger partial charge is 0.485 e. The van der Waals surface area contributed by atoms with Crippen LogP contribution in [0.25, 0.3) is 0 Å². The number of benzene rings is 1. The highest BCUT2D eigenvalue weighted by molar-refractivity contribution is 5.85. The minimum Gasteiger partial charge on any atom is -0.485 e. The van der Waals surface area contributed by atoms with Crippen LogP contribution < -0.4 is 4.74 Å². The molecule has 0 unspecified atom stereocenters. The Morgan fingerprint density at radius 2 is 1.78 bits per heavy atom. The van der Waals surface area contributed by atoms with Crippen molar-refractivity contribution in [3.8, 4) is 11.8 Å². The molecule has 0 aliphatic heterocycles. The van der Waals surface area contributed by atoms with Crippen LogP contribution >= 0.6 is 0 Å². The van der Waals surface area contributed by atoms with Crippen molar-refractivity contribution in [2.24, 2.45) is 5.41 Å². The Hall–Kier alpha value is -1.82. The van der Waals surface area contributed by atoms with Crippen LogP contribution in [0.1, 0.15) is 37.5 Å². The highest BCUT2D eigenvalue weighted by atomic mass is 16.5. The first-order valence-electron chi connectivity index (χ1n) is 5.93. The number of Topliss-reactive ketones (excluding diaryl/α,β-unsaturated/α-hetero) is 1. The first kappa shape index (κ1) is 14.2. The zero-order valence-electron chi connectivity index (χ0n) is 11.6. The van der Waals surface area contributed by atoms with Gasteiger partial charge in [0.05, 0.1) is 11.6 Å². The molecule has 1 aromatic carbocycles. The molecule has 3 heteroatoms. The number of hydrogen-bond donors (Lipinski definition) is 0. The van der Waals surface area contributed by atoms with E-state index in [1.54, 1.807) is 12.1 Å². The minimum absolute atomic E-state index is 0.0608. The van der Waals surface area contributed by atoms with Crippen molar-refractivity contribution in [3.05, 3.63) is 28.8 Å². The summed E-state index contributed by atoms with van der Waals surface area (Å²) in [6.45, 7) is 9.44. The van der Waals surface area contributed by atoms with E-state index >= 15 is 0 Å². The molecule has 0 spiro atoms. The van der Waals surface area contributed by atoms with Gasteiger partial charge >= 0.3 is 0 Å². The Morgan fingerprint density at radius 3 is 2.17 bits per heavy atom. The Morgan fingerprint density at radius 1 is 1.28 bits per heavy atom. The molecule has 3 nitrogen and oxygen atoms in total. The van der Waals surface area contributed by atoms with E-state index in [0.717, 1.165) is 11.1 Å². The number of carbonyl (C=O) groups is 1.